The van der Waals surface area contributed by atoms with Gasteiger partial charge in [0.15, 0.2) is 0 Å². The van der Waals surface area contributed by atoms with Gasteiger partial charge in [0.25, 0.3) is 5.91 Å². The highest BCUT2D eigenvalue weighted by Crippen LogP contribution is 2.40. The third-order valence-electron chi connectivity index (χ3n) is 5.31. The molecule has 12 heteroatoms. The van der Waals surface area contributed by atoms with E-state index in [1.165, 1.54) is 12.4 Å². The summed E-state index contributed by atoms with van der Waals surface area (Å²) < 4.78 is 31.7. The van der Waals surface area contributed by atoms with E-state index < -0.39 is 17.6 Å². The van der Waals surface area contributed by atoms with Gasteiger partial charge in [-0.25, -0.2) is 9.78 Å². The zero-order valence-corrected chi connectivity index (χ0v) is 17.4. The molecule has 0 aliphatic carbocycles. The summed E-state index contributed by atoms with van der Waals surface area (Å²) >= 11 is 0. The molecule has 1 spiro atoms. The zero-order chi connectivity index (χ0) is 23.2. The van der Waals surface area contributed by atoms with Crippen LogP contribution in [0.3, 0.4) is 0 Å². The van der Waals surface area contributed by atoms with E-state index in [0.717, 1.165) is 38.9 Å². The van der Waals surface area contributed by atoms with Crippen molar-refractivity contribution in [1.29, 1.82) is 0 Å². The summed E-state index contributed by atoms with van der Waals surface area (Å²) in [5.41, 5.74) is -0.0490. The predicted molar refractivity (Wildman–Crippen MR) is 103 cm³/mol. The molecular weight excluding hydrogens is 419 g/mol. The molecule has 0 radical (unpaired) electrons. The molecule has 172 valence electrons. The Kier molecular flexibility index (Phi) is 7.93. The van der Waals surface area contributed by atoms with E-state index in [1.54, 1.807) is 11.1 Å². The molecule has 1 aromatic rings. The standard InChI is InChI=1S/C17H25N5O2.C2HF3O2/c1-20(2)10-11-21-9-5-17(16(21)24)4-3-8-22(13-17)15(23)14-12-18-6-7-19-14;3-2(4,5)1(6)7/h6-7,12H,3-5,8-11,13H2,1-2H3;(H,6,7). The van der Waals surface area contributed by atoms with Crippen LogP contribution in [0.2, 0.25) is 0 Å². The number of amides is 2. The van der Waals surface area contributed by atoms with Crippen LogP contribution in [0.25, 0.3) is 0 Å². The van der Waals surface area contributed by atoms with Crippen LogP contribution in [-0.4, -0.2) is 101 Å². The lowest BCUT2D eigenvalue weighted by atomic mass is 9.78. The molecular formula is C19H26F3N5O4. The molecule has 31 heavy (non-hydrogen) atoms. The quantitative estimate of drug-likeness (QED) is 0.740. The maximum absolute atomic E-state index is 12.9. The minimum absolute atomic E-state index is 0.123. The van der Waals surface area contributed by atoms with Crippen LogP contribution >= 0.6 is 0 Å². The van der Waals surface area contributed by atoms with E-state index in [4.69, 9.17) is 9.90 Å². The maximum Gasteiger partial charge on any atom is 0.490 e. The van der Waals surface area contributed by atoms with E-state index in [1.807, 2.05) is 19.0 Å². The highest BCUT2D eigenvalue weighted by Gasteiger charge is 2.49. The van der Waals surface area contributed by atoms with Crippen LogP contribution in [-0.2, 0) is 9.59 Å². The molecule has 1 N–H and O–H groups in total. The minimum Gasteiger partial charge on any atom is -0.475 e. The Balaban J connectivity index is 0.000000423. The maximum atomic E-state index is 12.9. The lowest BCUT2D eigenvalue weighted by molar-refractivity contribution is -0.192. The van der Waals surface area contributed by atoms with Gasteiger partial charge in [-0.3, -0.25) is 14.6 Å². The highest BCUT2D eigenvalue weighted by atomic mass is 19.4. The van der Waals surface area contributed by atoms with Gasteiger partial charge in [-0.2, -0.15) is 13.2 Å². The van der Waals surface area contributed by atoms with Gasteiger partial charge in [-0.1, -0.05) is 0 Å². The SMILES string of the molecule is CN(C)CCN1CCC2(CCCN(C(=O)c3cnccn3)C2)C1=O.O=C(O)C(F)(F)F. The summed E-state index contributed by atoms with van der Waals surface area (Å²) in [6.45, 7) is 3.59. The molecule has 0 bridgehead atoms. The van der Waals surface area contributed by atoms with Gasteiger partial charge in [0.1, 0.15) is 5.69 Å². The number of aliphatic carboxylic acids is 1. The number of piperidine rings is 1. The van der Waals surface area contributed by atoms with Gasteiger partial charge in [0.05, 0.1) is 11.6 Å². The van der Waals surface area contributed by atoms with Crippen LogP contribution in [0.1, 0.15) is 29.8 Å². The van der Waals surface area contributed by atoms with E-state index >= 15 is 0 Å². The predicted octanol–water partition coefficient (Wildman–Crippen LogP) is 1.13. The second-order valence-electron chi connectivity index (χ2n) is 7.85. The second kappa shape index (κ2) is 10.0. The summed E-state index contributed by atoms with van der Waals surface area (Å²) in [6.07, 6.45) is 2.05. The fraction of sp³-hybridized carbons (Fsp3) is 0.632. The smallest absolute Gasteiger partial charge is 0.475 e. The van der Waals surface area contributed by atoms with E-state index in [0.29, 0.717) is 18.8 Å². The molecule has 9 nitrogen and oxygen atoms in total. The van der Waals surface area contributed by atoms with Crippen molar-refractivity contribution in [2.45, 2.75) is 25.4 Å². The Labute approximate surface area is 177 Å². The minimum atomic E-state index is -5.08. The Morgan fingerprint density at radius 3 is 2.45 bits per heavy atom. The Bertz CT molecular complexity index is 790. The molecule has 0 aromatic carbocycles. The van der Waals surface area contributed by atoms with Crippen molar-refractivity contribution in [1.82, 2.24) is 24.7 Å². The first kappa shape index (κ1) is 24.5. The van der Waals surface area contributed by atoms with E-state index in [9.17, 15) is 22.8 Å². The van der Waals surface area contributed by atoms with E-state index in [2.05, 4.69) is 14.9 Å². The van der Waals surface area contributed by atoms with Crippen LogP contribution < -0.4 is 0 Å². The molecule has 3 heterocycles. The van der Waals surface area contributed by atoms with Crippen molar-refractivity contribution >= 4 is 17.8 Å². The Hall–Kier alpha value is -2.76. The fourth-order valence-corrected chi connectivity index (χ4v) is 3.68. The third-order valence-corrected chi connectivity index (χ3v) is 5.31. The Morgan fingerprint density at radius 1 is 1.23 bits per heavy atom. The number of alkyl halides is 3. The number of rotatable bonds is 4. The van der Waals surface area contributed by atoms with Gasteiger partial charge >= 0.3 is 12.1 Å². The molecule has 1 atom stereocenters. The van der Waals surface area contributed by atoms with Crippen molar-refractivity contribution < 1.29 is 32.7 Å². The number of carbonyl (C=O) groups is 3. The lowest BCUT2D eigenvalue weighted by Crippen LogP contribution is -2.50. The molecule has 1 aromatic heterocycles. The van der Waals surface area contributed by atoms with Crippen LogP contribution in [0.4, 0.5) is 13.2 Å². The number of hydrogen-bond acceptors (Lipinski definition) is 6. The lowest BCUT2D eigenvalue weighted by Gasteiger charge is -2.38. The number of aromatic nitrogens is 2. The number of likely N-dealkylation sites (tertiary alicyclic amines) is 2. The second-order valence-corrected chi connectivity index (χ2v) is 7.85. The molecule has 2 amide bonds. The van der Waals surface area contributed by atoms with Gasteiger partial charge < -0.3 is 19.8 Å². The van der Waals surface area contributed by atoms with Crippen molar-refractivity contribution in [2.75, 3.05) is 46.8 Å². The molecule has 2 aliphatic rings. The van der Waals surface area contributed by atoms with Gasteiger partial charge in [-0.05, 0) is 33.4 Å². The van der Waals surface area contributed by atoms with Crippen molar-refractivity contribution in [3.63, 3.8) is 0 Å². The third kappa shape index (κ3) is 6.36. The number of carboxylic acids is 1. The highest BCUT2D eigenvalue weighted by molar-refractivity contribution is 5.93. The molecule has 1 unspecified atom stereocenters. The first-order valence-electron chi connectivity index (χ1n) is 9.76. The number of likely N-dealkylation sites (N-methyl/N-ethyl adjacent to an activating group) is 1. The molecule has 0 saturated carbocycles. The number of halogens is 3. The molecule has 2 saturated heterocycles. The summed E-state index contributed by atoms with van der Waals surface area (Å²) in [4.78, 5) is 48.4. The zero-order valence-electron chi connectivity index (χ0n) is 17.4. The Morgan fingerprint density at radius 2 is 1.90 bits per heavy atom. The largest absolute Gasteiger partial charge is 0.490 e. The van der Waals surface area contributed by atoms with Gasteiger partial charge in [-0.15, -0.1) is 0 Å². The average molecular weight is 445 g/mol. The number of carbonyl (C=O) groups excluding carboxylic acids is 2. The van der Waals surface area contributed by atoms with Crippen LogP contribution in [0.15, 0.2) is 18.6 Å². The molecule has 2 fully saturated rings. The van der Waals surface area contributed by atoms with Crippen molar-refractivity contribution in [2.24, 2.45) is 5.41 Å². The first-order chi connectivity index (χ1) is 14.5. The van der Waals surface area contributed by atoms with E-state index in [-0.39, 0.29) is 11.8 Å². The number of nitrogens with zero attached hydrogens (tertiary/aromatic N) is 5. The van der Waals surface area contributed by atoms with Crippen LogP contribution in [0.5, 0.6) is 0 Å². The summed E-state index contributed by atoms with van der Waals surface area (Å²) in [6, 6.07) is 0. The average Bonchev–Trinajstić information content (AvgIpc) is 3.01. The summed E-state index contributed by atoms with van der Waals surface area (Å²) in [5, 5.41) is 7.12. The topological polar surface area (TPSA) is 107 Å². The normalized spacial score (nSPS) is 21.3. The van der Waals surface area contributed by atoms with Gasteiger partial charge in [0, 0.05) is 45.1 Å². The summed E-state index contributed by atoms with van der Waals surface area (Å²) in [7, 11) is 4.02. The molecule has 2 aliphatic heterocycles. The monoisotopic (exact) mass is 445 g/mol. The number of hydrogen-bond donors (Lipinski definition) is 1. The van der Waals surface area contributed by atoms with Crippen molar-refractivity contribution in [3.05, 3.63) is 24.3 Å². The first-order valence-corrected chi connectivity index (χ1v) is 9.76. The van der Waals surface area contributed by atoms with Crippen LogP contribution in [0, 0.1) is 5.41 Å². The number of carboxylic acid groups (broad SMARTS) is 1. The summed E-state index contributed by atoms with van der Waals surface area (Å²) in [5.74, 6) is -2.67. The fourth-order valence-electron chi connectivity index (χ4n) is 3.68. The van der Waals surface area contributed by atoms with Gasteiger partial charge in [0.2, 0.25) is 5.91 Å². The molecule has 3 rings (SSSR count). The van der Waals surface area contributed by atoms with Crippen molar-refractivity contribution in [3.8, 4) is 0 Å².